The van der Waals surface area contributed by atoms with Crippen molar-refractivity contribution >= 4 is 15.9 Å². The van der Waals surface area contributed by atoms with Crippen molar-refractivity contribution in [3.05, 3.63) is 29.8 Å². The van der Waals surface area contributed by atoms with Gasteiger partial charge in [0.1, 0.15) is 0 Å². The van der Waals surface area contributed by atoms with Crippen LogP contribution in [0.15, 0.2) is 29.2 Å². The molecule has 1 amide bonds. The molecule has 0 spiro atoms. The molecule has 0 N–H and O–H groups in total. The SMILES string of the molecule is CC(C)N(C)S(=O)(=O)c1cccc(C(=O)N(C2CCCC2)C2CC2)c1. The minimum absolute atomic E-state index is 0.0151. The molecule has 1 aromatic rings. The van der Waals surface area contributed by atoms with Crippen LogP contribution in [0.3, 0.4) is 0 Å². The summed E-state index contributed by atoms with van der Waals surface area (Å²) in [6.07, 6.45) is 6.61. The van der Waals surface area contributed by atoms with Crippen molar-refractivity contribution in [3.63, 3.8) is 0 Å². The van der Waals surface area contributed by atoms with E-state index in [1.165, 1.54) is 17.1 Å². The standard InChI is InChI=1S/C19H28N2O3S/c1-14(2)20(3)25(23,24)18-10-6-7-15(13-18)19(22)21(17-11-12-17)16-8-4-5-9-16/h6-7,10,13-14,16-17H,4-5,8-9,11-12H2,1-3H3. The summed E-state index contributed by atoms with van der Waals surface area (Å²) in [5.41, 5.74) is 0.483. The van der Waals surface area contributed by atoms with Gasteiger partial charge in [0.2, 0.25) is 10.0 Å². The van der Waals surface area contributed by atoms with Gasteiger partial charge in [0.05, 0.1) is 4.90 Å². The quantitative estimate of drug-likeness (QED) is 0.778. The summed E-state index contributed by atoms with van der Waals surface area (Å²) < 4.78 is 26.8. The molecule has 0 aromatic heterocycles. The average Bonchev–Trinajstić information content (AvgIpc) is 3.28. The van der Waals surface area contributed by atoms with Crippen LogP contribution in [-0.2, 0) is 10.0 Å². The van der Waals surface area contributed by atoms with Crippen molar-refractivity contribution in [2.75, 3.05) is 7.05 Å². The Balaban J connectivity index is 1.89. The fourth-order valence-electron chi connectivity index (χ4n) is 3.55. The van der Waals surface area contributed by atoms with Gasteiger partial charge in [-0.1, -0.05) is 18.9 Å². The number of sulfonamides is 1. The number of hydrogen-bond donors (Lipinski definition) is 0. The smallest absolute Gasteiger partial charge is 0.254 e. The van der Waals surface area contributed by atoms with Gasteiger partial charge in [0.15, 0.2) is 0 Å². The summed E-state index contributed by atoms with van der Waals surface area (Å²) in [7, 11) is -2.01. The predicted octanol–water partition coefficient (Wildman–Crippen LogP) is 3.26. The second-order valence-electron chi connectivity index (χ2n) is 7.52. The van der Waals surface area contributed by atoms with Gasteiger partial charge in [-0.2, -0.15) is 4.31 Å². The maximum Gasteiger partial charge on any atom is 0.254 e. The lowest BCUT2D eigenvalue weighted by Crippen LogP contribution is -2.40. The summed E-state index contributed by atoms with van der Waals surface area (Å²) >= 11 is 0. The maximum absolute atomic E-state index is 13.1. The maximum atomic E-state index is 13.1. The van der Waals surface area contributed by atoms with Crippen molar-refractivity contribution in [1.82, 2.24) is 9.21 Å². The van der Waals surface area contributed by atoms with Crippen molar-refractivity contribution in [2.24, 2.45) is 0 Å². The molecule has 0 unspecified atom stereocenters. The van der Waals surface area contributed by atoms with Crippen molar-refractivity contribution in [1.29, 1.82) is 0 Å². The molecule has 3 rings (SSSR count). The largest absolute Gasteiger partial charge is 0.333 e. The molecule has 2 aliphatic carbocycles. The molecule has 0 radical (unpaired) electrons. The van der Waals surface area contributed by atoms with Crippen molar-refractivity contribution in [3.8, 4) is 0 Å². The number of benzene rings is 1. The minimum atomic E-state index is -3.58. The van der Waals surface area contributed by atoms with Gasteiger partial charge < -0.3 is 4.90 Å². The third-order valence-corrected chi connectivity index (χ3v) is 7.41. The topological polar surface area (TPSA) is 57.7 Å². The van der Waals surface area contributed by atoms with E-state index in [-0.39, 0.29) is 16.8 Å². The highest BCUT2D eigenvalue weighted by molar-refractivity contribution is 7.89. The zero-order chi connectivity index (χ0) is 18.2. The molecule has 2 saturated carbocycles. The number of carbonyl (C=O) groups excluding carboxylic acids is 1. The molecule has 25 heavy (non-hydrogen) atoms. The van der Waals surface area contributed by atoms with Gasteiger partial charge in [-0.3, -0.25) is 4.79 Å². The fraction of sp³-hybridized carbons (Fsp3) is 0.632. The first-order valence-electron chi connectivity index (χ1n) is 9.23. The van der Waals surface area contributed by atoms with Crippen LogP contribution in [-0.4, -0.2) is 48.7 Å². The van der Waals surface area contributed by atoms with E-state index in [9.17, 15) is 13.2 Å². The first-order chi connectivity index (χ1) is 11.8. The summed E-state index contributed by atoms with van der Waals surface area (Å²) in [5, 5.41) is 0. The second kappa shape index (κ2) is 7.08. The molecular weight excluding hydrogens is 336 g/mol. The van der Waals surface area contributed by atoms with E-state index in [2.05, 4.69) is 0 Å². The van der Waals surface area contributed by atoms with Gasteiger partial charge >= 0.3 is 0 Å². The Labute approximate surface area is 151 Å². The lowest BCUT2D eigenvalue weighted by Gasteiger charge is -2.29. The van der Waals surface area contributed by atoms with Crippen LogP contribution < -0.4 is 0 Å². The summed E-state index contributed by atoms with van der Waals surface area (Å²) in [6, 6.07) is 7.05. The molecule has 6 heteroatoms. The first-order valence-corrected chi connectivity index (χ1v) is 10.7. The number of hydrogen-bond acceptors (Lipinski definition) is 3. The Morgan fingerprint density at radius 3 is 2.24 bits per heavy atom. The van der Waals surface area contributed by atoms with Crippen LogP contribution >= 0.6 is 0 Å². The lowest BCUT2D eigenvalue weighted by molar-refractivity contribution is 0.0664. The third kappa shape index (κ3) is 3.75. The highest BCUT2D eigenvalue weighted by Crippen LogP contribution is 2.35. The molecule has 0 bridgehead atoms. The first kappa shape index (κ1) is 18.4. The van der Waals surface area contributed by atoms with Crippen LogP contribution in [0.25, 0.3) is 0 Å². The van der Waals surface area contributed by atoms with E-state index in [0.717, 1.165) is 25.7 Å². The molecule has 5 nitrogen and oxygen atoms in total. The van der Waals surface area contributed by atoms with Gasteiger partial charge in [0.25, 0.3) is 5.91 Å². The third-order valence-electron chi connectivity index (χ3n) is 5.38. The van der Waals surface area contributed by atoms with Crippen LogP contribution in [0.4, 0.5) is 0 Å². The predicted molar refractivity (Wildman–Crippen MR) is 98.0 cm³/mol. The summed E-state index contributed by atoms with van der Waals surface area (Å²) in [5.74, 6) is -0.0151. The molecule has 2 fully saturated rings. The monoisotopic (exact) mass is 364 g/mol. The molecule has 0 aliphatic heterocycles. The van der Waals surface area contributed by atoms with E-state index in [0.29, 0.717) is 17.6 Å². The fourth-order valence-corrected chi connectivity index (χ4v) is 4.96. The van der Waals surface area contributed by atoms with Gasteiger partial charge in [-0.15, -0.1) is 0 Å². The zero-order valence-corrected chi connectivity index (χ0v) is 16.1. The number of nitrogens with zero attached hydrogens (tertiary/aromatic N) is 2. The Kier molecular flexibility index (Phi) is 5.21. The number of amides is 1. The summed E-state index contributed by atoms with van der Waals surface area (Å²) in [4.78, 5) is 15.3. The van der Waals surface area contributed by atoms with Crippen LogP contribution in [0.5, 0.6) is 0 Å². The molecular formula is C19H28N2O3S. The minimum Gasteiger partial charge on any atom is -0.333 e. The average molecular weight is 365 g/mol. The summed E-state index contributed by atoms with van der Waals surface area (Å²) in [6.45, 7) is 3.67. The van der Waals surface area contributed by atoms with E-state index < -0.39 is 10.0 Å². The van der Waals surface area contributed by atoms with Gasteiger partial charge in [-0.05, 0) is 57.7 Å². The van der Waals surface area contributed by atoms with Crippen molar-refractivity contribution < 1.29 is 13.2 Å². The van der Waals surface area contributed by atoms with Gasteiger partial charge in [-0.25, -0.2) is 8.42 Å². The van der Waals surface area contributed by atoms with Crippen LogP contribution in [0.1, 0.15) is 62.7 Å². The number of carbonyl (C=O) groups is 1. The van der Waals surface area contributed by atoms with Crippen molar-refractivity contribution in [2.45, 2.75) is 75.4 Å². The molecule has 0 heterocycles. The Hall–Kier alpha value is -1.40. The molecule has 0 atom stereocenters. The van der Waals surface area contributed by atoms with Crippen LogP contribution in [0, 0.1) is 0 Å². The normalized spacial score (nSPS) is 18.9. The van der Waals surface area contributed by atoms with E-state index in [4.69, 9.17) is 0 Å². The Bertz CT molecular complexity index is 735. The van der Waals surface area contributed by atoms with Gasteiger partial charge in [0, 0.05) is 30.7 Å². The highest BCUT2D eigenvalue weighted by atomic mass is 32.2. The molecule has 0 saturated heterocycles. The highest BCUT2D eigenvalue weighted by Gasteiger charge is 2.39. The Morgan fingerprint density at radius 1 is 1.08 bits per heavy atom. The zero-order valence-electron chi connectivity index (χ0n) is 15.3. The lowest BCUT2D eigenvalue weighted by atomic mass is 10.1. The Morgan fingerprint density at radius 2 is 1.68 bits per heavy atom. The number of rotatable bonds is 6. The van der Waals surface area contributed by atoms with E-state index >= 15 is 0 Å². The molecule has 2 aliphatic rings. The molecule has 1 aromatic carbocycles. The van der Waals surface area contributed by atoms with E-state index in [1.807, 2.05) is 18.7 Å². The molecule has 138 valence electrons. The van der Waals surface area contributed by atoms with Crippen LogP contribution in [0.2, 0.25) is 0 Å². The second-order valence-corrected chi connectivity index (χ2v) is 9.52. The van der Waals surface area contributed by atoms with E-state index in [1.54, 1.807) is 31.3 Å².